The number of unbranched alkanes of at least 4 members (excludes halogenated alkanes) is 6. The van der Waals surface area contributed by atoms with Crippen LogP contribution in [0.1, 0.15) is 78.6 Å². The van der Waals surface area contributed by atoms with E-state index in [1.165, 1.54) is 57.8 Å². The van der Waals surface area contributed by atoms with Crippen molar-refractivity contribution in [3.8, 4) is 0 Å². The van der Waals surface area contributed by atoms with Crippen LogP contribution in [-0.2, 0) is 0 Å². The van der Waals surface area contributed by atoms with Crippen molar-refractivity contribution in [3.63, 3.8) is 0 Å². The highest BCUT2D eigenvalue weighted by Gasteiger charge is 2.29. The van der Waals surface area contributed by atoms with Crippen molar-refractivity contribution in [1.82, 2.24) is 0 Å². The van der Waals surface area contributed by atoms with Crippen LogP contribution in [0.4, 0.5) is 0 Å². The monoisotopic (exact) mass is 277 g/mol. The van der Waals surface area contributed by atoms with Crippen LogP contribution in [0, 0.1) is 0 Å². The second-order valence-electron chi connectivity index (χ2n) is 5.51. The van der Waals surface area contributed by atoms with Crippen molar-refractivity contribution in [2.45, 2.75) is 78.6 Å². The molecule has 0 amide bonds. The van der Waals surface area contributed by atoms with E-state index in [4.69, 9.17) is 0 Å². The van der Waals surface area contributed by atoms with Gasteiger partial charge in [0.1, 0.15) is 0 Å². The molecule has 0 aromatic carbocycles. The summed E-state index contributed by atoms with van der Waals surface area (Å²) in [6.45, 7) is 6.31. The Morgan fingerprint density at radius 1 is 0.588 bits per heavy atom. The Morgan fingerprint density at radius 2 is 0.882 bits per heavy atom. The molecular weight excluding hydrogens is 242 g/mol. The fraction of sp³-hybridized carbons (Fsp3) is 1.00. The Balaban J connectivity index is 3.95. The van der Waals surface area contributed by atoms with E-state index in [1.807, 2.05) is 0 Å². The predicted octanol–water partition coefficient (Wildman–Crippen LogP) is 6.36. The maximum absolute atomic E-state index is 3.34. The van der Waals surface area contributed by atoms with Gasteiger partial charge in [-0.05, 0) is 19.3 Å². The van der Waals surface area contributed by atoms with Crippen molar-refractivity contribution < 1.29 is 0 Å². The van der Waals surface area contributed by atoms with E-state index >= 15 is 0 Å². The summed E-state index contributed by atoms with van der Waals surface area (Å²) in [5.74, 6) is 0. The second kappa shape index (κ2) is 11.9. The van der Waals surface area contributed by atoms with Crippen LogP contribution in [0.2, 0.25) is 0 Å². The van der Waals surface area contributed by atoms with Crippen LogP contribution in [0.15, 0.2) is 0 Å². The summed E-state index contributed by atoms with van der Waals surface area (Å²) in [5, 5.41) is 0. The molecule has 0 saturated carbocycles. The van der Waals surface area contributed by atoms with Gasteiger partial charge in [0, 0.05) is 15.9 Å². The lowest BCUT2D eigenvalue weighted by molar-refractivity contribution is 0.747. The lowest BCUT2D eigenvalue weighted by Crippen LogP contribution is -2.03. The zero-order chi connectivity index (χ0) is 13.0. The summed E-state index contributed by atoms with van der Waals surface area (Å²) in [4.78, 5) is 0. The molecule has 0 heterocycles. The third-order valence-electron chi connectivity index (χ3n) is 3.62. The molecule has 0 radical (unpaired) electrons. The summed E-state index contributed by atoms with van der Waals surface area (Å²) < 4.78 is 0. The summed E-state index contributed by atoms with van der Waals surface area (Å²) in [5.41, 5.74) is 0. The normalized spacial score (nSPS) is 12.0. The van der Waals surface area contributed by atoms with Gasteiger partial charge < -0.3 is 0 Å². The highest BCUT2D eigenvalue weighted by atomic mass is 32.1. The van der Waals surface area contributed by atoms with Crippen molar-refractivity contribution >= 4 is 15.9 Å². The third kappa shape index (κ3) is 10.5. The minimum Gasteiger partial charge on any atom is -0.0654 e. The van der Waals surface area contributed by atoms with Gasteiger partial charge in [0.05, 0.1) is 18.5 Å². The average molecular weight is 277 g/mol. The Kier molecular flexibility index (Phi) is 12.5. The summed E-state index contributed by atoms with van der Waals surface area (Å²) in [7, 11) is 3.34. The fourth-order valence-electron chi connectivity index (χ4n) is 2.37. The first-order valence-electron chi connectivity index (χ1n) is 7.83. The van der Waals surface area contributed by atoms with Crippen LogP contribution < -0.4 is 0 Å². The van der Waals surface area contributed by atoms with Gasteiger partial charge in [0.25, 0.3) is 0 Å². The summed E-state index contributed by atoms with van der Waals surface area (Å²) in [6.07, 6.45) is 17.5. The maximum atomic E-state index is 3.34. The highest BCUT2D eigenvalue weighted by molar-refractivity contribution is 8.24. The molecular formula is C15H35P2+. The van der Waals surface area contributed by atoms with Crippen LogP contribution in [-0.4, -0.2) is 18.5 Å². The molecule has 0 aliphatic rings. The lowest BCUT2D eigenvalue weighted by Gasteiger charge is -2.23. The van der Waals surface area contributed by atoms with Crippen LogP contribution in [0.3, 0.4) is 0 Å². The van der Waals surface area contributed by atoms with Crippen LogP contribution in [0.25, 0.3) is 0 Å². The van der Waals surface area contributed by atoms with Gasteiger partial charge in [-0.15, -0.1) is 0 Å². The molecule has 104 valence electrons. The third-order valence-corrected chi connectivity index (χ3v) is 9.57. The Bertz CT molecular complexity index is 130. The molecule has 0 fully saturated rings. The van der Waals surface area contributed by atoms with Gasteiger partial charge >= 0.3 is 0 Å². The molecule has 0 aromatic heterocycles. The van der Waals surface area contributed by atoms with Gasteiger partial charge in [0.15, 0.2) is 0 Å². The SMILES string of the molecule is CCCCC[P+](P)(CCCCC)CCCCC. The van der Waals surface area contributed by atoms with E-state index in [-0.39, 0.29) is 0 Å². The molecule has 0 spiro atoms. The molecule has 0 saturated heterocycles. The van der Waals surface area contributed by atoms with Crippen LogP contribution >= 0.6 is 15.9 Å². The molecule has 0 aromatic rings. The predicted molar refractivity (Wildman–Crippen MR) is 89.8 cm³/mol. The maximum Gasteiger partial charge on any atom is 0.0611 e. The fourth-order valence-corrected chi connectivity index (χ4v) is 7.24. The van der Waals surface area contributed by atoms with Crippen molar-refractivity contribution in [2.75, 3.05) is 18.5 Å². The van der Waals surface area contributed by atoms with E-state index in [0.717, 1.165) is 0 Å². The Morgan fingerprint density at radius 3 is 1.12 bits per heavy atom. The first-order chi connectivity index (χ1) is 8.18. The topological polar surface area (TPSA) is 0 Å². The smallest absolute Gasteiger partial charge is 0.0611 e. The van der Waals surface area contributed by atoms with Gasteiger partial charge in [-0.25, -0.2) is 0 Å². The zero-order valence-electron chi connectivity index (χ0n) is 12.5. The van der Waals surface area contributed by atoms with E-state index in [0.29, 0.717) is 0 Å². The van der Waals surface area contributed by atoms with Crippen LogP contribution in [0.5, 0.6) is 0 Å². The average Bonchev–Trinajstić information content (AvgIpc) is 2.30. The molecule has 17 heavy (non-hydrogen) atoms. The van der Waals surface area contributed by atoms with E-state index < -0.39 is 6.95 Å². The molecule has 0 aliphatic heterocycles. The summed E-state index contributed by atoms with van der Waals surface area (Å²) in [6, 6.07) is 0. The quantitative estimate of drug-likeness (QED) is 0.287. The minimum atomic E-state index is -0.642. The Labute approximate surface area is 113 Å². The molecule has 1 unspecified atom stereocenters. The molecule has 1 atom stereocenters. The van der Waals surface area contributed by atoms with Gasteiger partial charge in [-0.1, -0.05) is 59.3 Å². The van der Waals surface area contributed by atoms with Crippen molar-refractivity contribution in [1.29, 1.82) is 0 Å². The first kappa shape index (κ1) is 17.9. The van der Waals surface area contributed by atoms with Gasteiger partial charge in [0.2, 0.25) is 0 Å². The molecule has 0 N–H and O–H groups in total. The molecule has 0 rings (SSSR count). The zero-order valence-corrected chi connectivity index (χ0v) is 14.6. The molecule has 0 nitrogen and oxygen atoms in total. The van der Waals surface area contributed by atoms with Gasteiger partial charge in [-0.2, -0.15) is 0 Å². The number of hydrogen-bond acceptors (Lipinski definition) is 0. The second-order valence-corrected chi connectivity index (χ2v) is 12.6. The lowest BCUT2D eigenvalue weighted by atomic mass is 10.3. The molecule has 0 aliphatic carbocycles. The van der Waals surface area contributed by atoms with E-state index in [9.17, 15) is 0 Å². The van der Waals surface area contributed by atoms with E-state index in [2.05, 4.69) is 29.7 Å². The largest absolute Gasteiger partial charge is 0.0654 e. The van der Waals surface area contributed by atoms with Gasteiger partial charge in [-0.3, -0.25) is 0 Å². The standard InChI is InChI=1S/C15H35P2/c1-4-7-10-13-17(16,14-11-8-5-2)15-12-9-6-3/h4-16H2,1-3H3/q+1. The van der Waals surface area contributed by atoms with Crippen molar-refractivity contribution in [3.05, 3.63) is 0 Å². The number of hydrogen-bond donors (Lipinski definition) is 0. The summed E-state index contributed by atoms with van der Waals surface area (Å²) >= 11 is 0. The number of rotatable bonds is 12. The minimum absolute atomic E-state index is 0.642. The van der Waals surface area contributed by atoms with Crippen molar-refractivity contribution in [2.24, 2.45) is 0 Å². The first-order valence-corrected chi connectivity index (χ1v) is 11.8. The highest BCUT2D eigenvalue weighted by Crippen LogP contribution is 2.68. The van der Waals surface area contributed by atoms with E-state index in [1.54, 1.807) is 18.5 Å². The molecule has 0 bridgehead atoms. The Hall–Kier alpha value is 0.860. The molecule has 2 heteroatoms.